The van der Waals surface area contributed by atoms with E-state index in [4.69, 9.17) is 10.5 Å². The van der Waals surface area contributed by atoms with Gasteiger partial charge in [0.1, 0.15) is 0 Å². The van der Waals surface area contributed by atoms with Crippen LogP contribution in [-0.4, -0.2) is 19.8 Å². The Morgan fingerprint density at radius 3 is 1.85 bits per heavy atom. The van der Waals surface area contributed by atoms with E-state index < -0.39 is 0 Å². The molecule has 0 aromatic carbocycles. The van der Waals surface area contributed by atoms with Gasteiger partial charge in [0.15, 0.2) is 0 Å². The van der Waals surface area contributed by atoms with Crippen molar-refractivity contribution in [2.75, 3.05) is 19.8 Å². The molecule has 0 aromatic heterocycles. The second kappa shape index (κ2) is 17.9. The summed E-state index contributed by atoms with van der Waals surface area (Å²) in [6.45, 7) is 9.02. The highest BCUT2D eigenvalue weighted by Gasteiger charge is 1.78. The molecule has 0 aliphatic rings. The van der Waals surface area contributed by atoms with Gasteiger partial charge in [-0.3, -0.25) is 0 Å². The maximum atomic E-state index is 5.21. The van der Waals surface area contributed by atoms with Gasteiger partial charge in [0.2, 0.25) is 0 Å². The standard InChI is InChI=1S/C6H14O.C5H13N/c1-3-5-6-7-4-2;1-2-3-4-5-6/h3-6H2,1-2H3;2-6H2,1H3. The molecule has 2 heteroatoms. The third-order valence-electron chi connectivity index (χ3n) is 1.65. The largest absolute Gasteiger partial charge is 0.382 e. The van der Waals surface area contributed by atoms with Crippen LogP contribution in [0.25, 0.3) is 0 Å². The van der Waals surface area contributed by atoms with Crippen molar-refractivity contribution in [3.63, 3.8) is 0 Å². The minimum Gasteiger partial charge on any atom is -0.382 e. The molecule has 0 atom stereocenters. The quantitative estimate of drug-likeness (QED) is 0.625. The lowest BCUT2D eigenvalue weighted by Crippen LogP contribution is -1.96. The highest BCUT2D eigenvalue weighted by Crippen LogP contribution is 1.88. The first-order valence-electron chi connectivity index (χ1n) is 5.61. The minimum absolute atomic E-state index is 0.855. The normalized spacial score (nSPS) is 9.23. The Labute approximate surface area is 83.8 Å². The molecule has 0 heterocycles. The van der Waals surface area contributed by atoms with Crippen molar-refractivity contribution in [2.45, 2.75) is 52.9 Å². The van der Waals surface area contributed by atoms with E-state index in [0.29, 0.717) is 0 Å². The van der Waals surface area contributed by atoms with E-state index in [9.17, 15) is 0 Å². The molecule has 0 bridgehead atoms. The maximum Gasteiger partial charge on any atom is 0.0465 e. The van der Waals surface area contributed by atoms with Crippen LogP contribution in [0.15, 0.2) is 0 Å². The summed E-state index contributed by atoms with van der Waals surface area (Å²) in [5, 5.41) is 0. The molecule has 0 aliphatic carbocycles. The van der Waals surface area contributed by atoms with E-state index >= 15 is 0 Å². The smallest absolute Gasteiger partial charge is 0.0465 e. The minimum atomic E-state index is 0.855. The van der Waals surface area contributed by atoms with Crippen LogP contribution in [0.3, 0.4) is 0 Å². The zero-order chi connectivity index (χ0) is 10.4. The van der Waals surface area contributed by atoms with Crippen LogP contribution in [0.1, 0.15) is 52.9 Å². The van der Waals surface area contributed by atoms with E-state index in [1.807, 2.05) is 6.92 Å². The van der Waals surface area contributed by atoms with Crippen molar-refractivity contribution in [3.8, 4) is 0 Å². The second-order valence-electron chi connectivity index (χ2n) is 3.05. The summed E-state index contributed by atoms with van der Waals surface area (Å²) in [5.41, 5.74) is 5.21. The third-order valence-corrected chi connectivity index (χ3v) is 1.65. The molecule has 2 nitrogen and oxygen atoms in total. The lowest BCUT2D eigenvalue weighted by Gasteiger charge is -1.94. The molecule has 0 spiro atoms. The van der Waals surface area contributed by atoms with Crippen molar-refractivity contribution in [1.82, 2.24) is 0 Å². The van der Waals surface area contributed by atoms with E-state index in [1.165, 1.54) is 32.1 Å². The first-order valence-corrected chi connectivity index (χ1v) is 5.61. The average Bonchev–Trinajstić information content (AvgIpc) is 2.17. The first kappa shape index (κ1) is 15.4. The van der Waals surface area contributed by atoms with Crippen LogP contribution in [-0.2, 0) is 4.74 Å². The summed E-state index contributed by atoms with van der Waals surface area (Å²) < 4.78 is 5.07. The molecule has 0 fully saturated rings. The molecule has 0 rings (SSSR count). The van der Waals surface area contributed by atoms with Crippen LogP contribution >= 0.6 is 0 Å². The second-order valence-corrected chi connectivity index (χ2v) is 3.05. The predicted molar refractivity (Wildman–Crippen MR) is 60.0 cm³/mol. The number of nitrogens with two attached hydrogens (primary N) is 1. The van der Waals surface area contributed by atoms with Crippen LogP contribution in [0.4, 0.5) is 0 Å². The molecular formula is C11H27NO. The molecule has 0 unspecified atom stereocenters. The Bertz CT molecular complexity index is 59.1. The van der Waals surface area contributed by atoms with Crippen molar-refractivity contribution in [2.24, 2.45) is 5.73 Å². The van der Waals surface area contributed by atoms with Gasteiger partial charge >= 0.3 is 0 Å². The number of hydrogen-bond donors (Lipinski definition) is 1. The molecule has 0 saturated heterocycles. The number of ether oxygens (including phenoxy) is 1. The van der Waals surface area contributed by atoms with Crippen molar-refractivity contribution in [1.29, 1.82) is 0 Å². The van der Waals surface area contributed by atoms with Gasteiger partial charge in [-0.15, -0.1) is 0 Å². The fraction of sp³-hybridized carbons (Fsp3) is 1.00. The Balaban J connectivity index is 0. The Morgan fingerprint density at radius 1 is 0.923 bits per heavy atom. The summed E-state index contributed by atoms with van der Waals surface area (Å²) in [6, 6.07) is 0. The monoisotopic (exact) mass is 189 g/mol. The average molecular weight is 189 g/mol. The Kier molecular flexibility index (Phi) is 21.2. The fourth-order valence-corrected chi connectivity index (χ4v) is 0.785. The summed E-state index contributed by atoms with van der Waals surface area (Å²) in [7, 11) is 0. The summed E-state index contributed by atoms with van der Waals surface area (Å²) in [5.74, 6) is 0. The van der Waals surface area contributed by atoms with Crippen LogP contribution in [0.2, 0.25) is 0 Å². The molecule has 0 amide bonds. The topological polar surface area (TPSA) is 35.2 Å². The molecule has 0 aromatic rings. The van der Waals surface area contributed by atoms with Crippen LogP contribution in [0, 0.1) is 0 Å². The van der Waals surface area contributed by atoms with Gasteiger partial charge < -0.3 is 10.5 Å². The van der Waals surface area contributed by atoms with Gasteiger partial charge in [-0.25, -0.2) is 0 Å². The van der Waals surface area contributed by atoms with Crippen molar-refractivity contribution < 1.29 is 4.74 Å². The van der Waals surface area contributed by atoms with Gasteiger partial charge in [0.05, 0.1) is 0 Å². The Hall–Kier alpha value is -0.0800. The highest BCUT2D eigenvalue weighted by molar-refractivity contribution is 4.35. The highest BCUT2D eigenvalue weighted by atomic mass is 16.5. The molecule has 0 saturated carbocycles. The van der Waals surface area contributed by atoms with E-state index in [1.54, 1.807) is 0 Å². The van der Waals surface area contributed by atoms with Crippen molar-refractivity contribution in [3.05, 3.63) is 0 Å². The fourth-order valence-electron chi connectivity index (χ4n) is 0.785. The van der Waals surface area contributed by atoms with E-state index in [2.05, 4.69) is 13.8 Å². The number of hydrogen-bond acceptors (Lipinski definition) is 2. The van der Waals surface area contributed by atoms with Gasteiger partial charge in [0.25, 0.3) is 0 Å². The van der Waals surface area contributed by atoms with Gasteiger partial charge in [-0.2, -0.15) is 0 Å². The van der Waals surface area contributed by atoms with Crippen molar-refractivity contribution >= 4 is 0 Å². The molecular weight excluding hydrogens is 162 g/mol. The molecule has 2 N–H and O–H groups in total. The maximum absolute atomic E-state index is 5.21. The summed E-state index contributed by atoms with van der Waals surface area (Å²) in [6.07, 6.45) is 6.19. The van der Waals surface area contributed by atoms with Gasteiger partial charge in [0, 0.05) is 13.2 Å². The van der Waals surface area contributed by atoms with Gasteiger partial charge in [-0.05, 0) is 26.3 Å². The summed E-state index contributed by atoms with van der Waals surface area (Å²) >= 11 is 0. The lowest BCUT2D eigenvalue weighted by molar-refractivity contribution is 0.144. The zero-order valence-electron chi connectivity index (χ0n) is 9.64. The SMILES string of the molecule is CCCCCN.CCCCOCC. The number of rotatable bonds is 7. The van der Waals surface area contributed by atoms with Crippen LogP contribution in [0.5, 0.6) is 0 Å². The van der Waals surface area contributed by atoms with E-state index in [-0.39, 0.29) is 0 Å². The summed E-state index contributed by atoms with van der Waals surface area (Å²) in [4.78, 5) is 0. The molecule has 13 heavy (non-hydrogen) atoms. The van der Waals surface area contributed by atoms with Crippen LogP contribution < -0.4 is 5.73 Å². The first-order chi connectivity index (χ1) is 6.33. The third kappa shape index (κ3) is 24.5. The zero-order valence-corrected chi connectivity index (χ0v) is 9.64. The van der Waals surface area contributed by atoms with E-state index in [0.717, 1.165) is 19.8 Å². The predicted octanol–water partition coefficient (Wildman–Crippen LogP) is 2.96. The lowest BCUT2D eigenvalue weighted by atomic mass is 10.3. The molecule has 82 valence electrons. The molecule has 0 radical (unpaired) electrons. The number of unbranched alkanes of at least 4 members (excludes halogenated alkanes) is 3. The Morgan fingerprint density at radius 2 is 1.54 bits per heavy atom. The van der Waals surface area contributed by atoms with Gasteiger partial charge in [-0.1, -0.05) is 33.1 Å². The molecule has 0 aliphatic heterocycles.